The number of hydrogen-bond donors (Lipinski definition) is 2. The normalized spacial score (nSPS) is 16.4. The number of nitrogens with zero attached hydrogens (tertiary/aromatic N) is 2. The molecular formula is C13H24N2O4. The summed E-state index contributed by atoms with van der Waals surface area (Å²) in [6.07, 6.45) is 3.77. The second kappa shape index (κ2) is 6.23. The minimum atomic E-state index is -1.00. The molecule has 0 saturated heterocycles. The fraction of sp³-hybridized carbons (Fsp3) is 0.846. The molecule has 0 aromatic heterocycles. The first kappa shape index (κ1) is 15.8. The summed E-state index contributed by atoms with van der Waals surface area (Å²) in [5, 5.41) is 18.3. The highest BCUT2D eigenvalue weighted by atomic mass is 16.4. The molecule has 0 bridgehead atoms. The van der Waals surface area contributed by atoms with E-state index in [1.807, 2.05) is 0 Å². The van der Waals surface area contributed by atoms with Crippen molar-refractivity contribution >= 4 is 12.0 Å². The van der Waals surface area contributed by atoms with Gasteiger partial charge in [0.1, 0.15) is 6.54 Å². The largest absolute Gasteiger partial charge is 0.480 e. The molecule has 1 rings (SSSR count). The Morgan fingerprint density at radius 3 is 2.21 bits per heavy atom. The summed E-state index contributed by atoms with van der Waals surface area (Å²) < 4.78 is 0. The van der Waals surface area contributed by atoms with Crippen LogP contribution in [0.1, 0.15) is 39.5 Å². The summed E-state index contributed by atoms with van der Waals surface area (Å²) in [6, 6.07) is -0.325. The number of urea groups is 1. The van der Waals surface area contributed by atoms with Crippen molar-refractivity contribution < 1.29 is 19.8 Å². The third kappa shape index (κ3) is 3.83. The van der Waals surface area contributed by atoms with E-state index in [1.54, 1.807) is 20.9 Å². The van der Waals surface area contributed by atoms with Crippen molar-refractivity contribution in [2.75, 3.05) is 20.2 Å². The number of hydrogen-bond acceptors (Lipinski definition) is 3. The number of amides is 2. The van der Waals surface area contributed by atoms with Crippen LogP contribution in [-0.4, -0.2) is 63.8 Å². The molecule has 0 heterocycles. The molecule has 0 radical (unpaired) electrons. The first-order chi connectivity index (χ1) is 8.79. The number of aliphatic carboxylic acids is 1. The van der Waals surface area contributed by atoms with Gasteiger partial charge in [0.2, 0.25) is 0 Å². The number of aliphatic hydroxyl groups excluding tert-OH is 1. The fourth-order valence-electron chi connectivity index (χ4n) is 2.27. The van der Waals surface area contributed by atoms with Gasteiger partial charge in [0, 0.05) is 13.1 Å². The Balaban J connectivity index is 2.84. The molecule has 0 unspecified atom stereocenters. The van der Waals surface area contributed by atoms with E-state index in [0.717, 1.165) is 25.7 Å². The van der Waals surface area contributed by atoms with Crippen LogP contribution < -0.4 is 0 Å². The lowest BCUT2D eigenvalue weighted by molar-refractivity contribution is -0.138. The van der Waals surface area contributed by atoms with E-state index in [0.29, 0.717) is 0 Å². The first-order valence-electron chi connectivity index (χ1n) is 6.66. The summed E-state index contributed by atoms with van der Waals surface area (Å²) in [6.45, 7) is 3.05. The number of aliphatic hydroxyl groups is 1. The molecule has 2 N–H and O–H groups in total. The maximum absolute atomic E-state index is 12.4. The average Bonchev–Trinajstić information content (AvgIpc) is 2.87. The molecule has 1 aliphatic carbocycles. The molecule has 19 heavy (non-hydrogen) atoms. The number of carboxylic acids is 1. The minimum Gasteiger partial charge on any atom is -0.480 e. The Morgan fingerprint density at radius 2 is 1.79 bits per heavy atom. The van der Waals surface area contributed by atoms with Crippen molar-refractivity contribution in [3.8, 4) is 0 Å². The average molecular weight is 272 g/mol. The highest BCUT2D eigenvalue weighted by Crippen LogP contribution is 2.25. The van der Waals surface area contributed by atoms with Crippen LogP contribution in [0.5, 0.6) is 0 Å². The van der Waals surface area contributed by atoms with E-state index >= 15 is 0 Å². The van der Waals surface area contributed by atoms with Gasteiger partial charge >= 0.3 is 12.0 Å². The second-order valence-corrected chi connectivity index (χ2v) is 5.77. The molecule has 6 nitrogen and oxygen atoms in total. The van der Waals surface area contributed by atoms with Crippen LogP contribution in [0.25, 0.3) is 0 Å². The van der Waals surface area contributed by atoms with Gasteiger partial charge in [0.15, 0.2) is 0 Å². The predicted octanol–water partition coefficient (Wildman–Crippen LogP) is 1.14. The van der Waals surface area contributed by atoms with Crippen molar-refractivity contribution in [2.45, 2.75) is 51.1 Å². The predicted molar refractivity (Wildman–Crippen MR) is 70.9 cm³/mol. The van der Waals surface area contributed by atoms with Gasteiger partial charge in [-0.15, -0.1) is 0 Å². The summed E-state index contributed by atoms with van der Waals surface area (Å²) in [5.41, 5.74) is -0.702. The van der Waals surface area contributed by atoms with E-state index in [2.05, 4.69) is 0 Å². The molecule has 1 aliphatic rings. The zero-order valence-electron chi connectivity index (χ0n) is 11.9. The van der Waals surface area contributed by atoms with Gasteiger partial charge < -0.3 is 20.0 Å². The van der Waals surface area contributed by atoms with E-state index in [9.17, 15) is 14.7 Å². The van der Waals surface area contributed by atoms with Crippen LogP contribution in [0, 0.1) is 0 Å². The summed E-state index contributed by atoms with van der Waals surface area (Å²) in [5.74, 6) is -1.00. The highest BCUT2D eigenvalue weighted by Gasteiger charge is 2.35. The molecule has 0 spiro atoms. The zero-order valence-corrected chi connectivity index (χ0v) is 11.9. The molecule has 2 amide bonds. The Morgan fingerprint density at radius 1 is 1.26 bits per heavy atom. The van der Waals surface area contributed by atoms with Crippen LogP contribution in [0.4, 0.5) is 4.79 Å². The zero-order chi connectivity index (χ0) is 14.6. The Bertz CT molecular complexity index is 338. The topological polar surface area (TPSA) is 81.1 Å². The molecule has 0 atom stereocenters. The van der Waals surface area contributed by atoms with E-state index < -0.39 is 11.5 Å². The lowest BCUT2D eigenvalue weighted by Gasteiger charge is -2.39. The van der Waals surface area contributed by atoms with Crippen LogP contribution in [0.3, 0.4) is 0 Å². The van der Waals surface area contributed by atoms with Crippen LogP contribution in [0.2, 0.25) is 0 Å². The molecule has 1 fully saturated rings. The third-order valence-electron chi connectivity index (χ3n) is 3.90. The Labute approximate surface area is 114 Å². The quantitative estimate of drug-likeness (QED) is 0.786. The van der Waals surface area contributed by atoms with Gasteiger partial charge in [0.05, 0.1) is 12.1 Å². The van der Waals surface area contributed by atoms with Crippen molar-refractivity contribution in [1.82, 2.24) is 9.80 Å². The lowest BCUT2D eigenvalue weighted by Crippen LogP contribution is -2.55. The fourth-order valence-corrected chi connectivity index (χ4v) is 2.27. The van der Waals surface area contributed by atoms with Gasteiger partial charge in [-0.25, -0.2) is 4.79 Å². The van der Waals surface area contributed by atoms with Gasteiger partial charge in [-0.2, -0.15) is 0 Å². The van der Waals surface area contributed by atoms with Crippen LogP contribution >= 0.6 is 0 Å². The number of carbonyl (C=O) groups is 2. The number of carbonyl (C=O) groups excluding carboxylic acids is 1. The molecule has 110 valence electrons. The van der Waals surface area contributed by atoms with E-state index in [-0.39, 0.29) is 25.2 Å². The monoisotopic (exact) mass is 272 g/mol. The Hall–Kier alpha value is -1.30. The maximum atomic E-state index is 12.4. The number of carboxylic acid groups (broad SMARTS) is 1. The molecule has 1 saturated carbocycles. The first-order valence-corrected chi connectivity index (χ1v) is 6.66. The maximum Gasteiger partial charge on any atom is 0.323 e. The number of rotatable bonds is 5. The second-order valence-electron chi connectivity index (χ2n) is 5.77. The molecule has 0 aromatic rings. The van der Waals surface area contributed by atoms with Crippen molar-refractivity contribution in [1.29, 1.82) is 0 Å². The summed E-state index contributed by atoms with van der Waals surface area (Å²) in [7, 11) is 1.60. The molecule has 0 aliphatic heterocycles. The van der Waals surface area contributed by atoms with E-state index in [1.165, 1.54) is 9.80 Å². The third-order valence-corrected chi connectivity index (χ3v) is 3.90. The van der Waals surface area contributed by atoms with Crippen molar-refractivity contribution in [3.05, 3.63) is 0 Å². The summed E-state index contributed by atoms with van der Waals surface area (Å²) in [4.78, 5) is 26.2. The lowest BCUT2D eigenvalue weighted by atomic mass is 10.1. The Kier molecular flexibility index (Phi) is 5.17. The minimum absolute atomic E-state index is 0.000503. The molecule has 0 aromatic carbocycles. The van der Waals surface area contributed by atoms with Crippen molar-refractivity contribution in [3.63, 3.8) is 0 Å². The SMILES string of the molecule is CN(C(=O)N(CC(=O)O)C1CCCC1)C(C)(C)CO. The van der Waals surface area contributed by atoms with Gasteiger partial charge in [0.25, 0.3) is 0 Å². The standard InChI is InChI=1S/C13H24N2O4/c1-13(2,9-16)14(3)12(19)15(8-11(17)18)10-6-4-5-7-10/h10,16H,4-9H2,1-3H3,(H,17,18). The van der Waals surface area contributed by atoms with Crippen molar-refractivity contribution in [2.24, 2.45) is 0 Å². The van der Waals surface area contributed by atoms with Gasteiger partial charge in [-0.05, 0) is 26.7 Å². The number of likely N-dealkylation sites (N-methyl/N-ethyl adjacent to an activating group) is 1. The smallest absolute Gasteiger partial charge is 0.323 e. The summed E-state index contributed by atoms with van der Waals surface area (Å²) >= 11 is 0. The molecular weight excluding hydrogens is 248 g/mol. The van der Waals surface area contributed by atoms with Gasteiger partial charge in [-0.3, -0.25) is 4.79 Å². The van der Waals surface area contributed by atoms with Gasteiger partial charge in [-0.1, -0.05) is 12.8 Å². The van der Waals surface area contributed by atoms with Crippen LogP contribution in [0.15, 0.2) is 0 Å². The highest BCUT2D eigenvalue weighted by molar-refractivity contribution is 5.80. The molecule has 6 heteroatoms. The van der Waals surface area contributed by atoms with E-state index in [4.69, 9.17) is 5.11 Å². The van der Waals surface area contributed by atoms with Crippen LogP contribution in [-0.2, 0) is 4.79 Å².